The Bertz CT molecular complexity index is 324. The summed E-state index contributed by atoms with van der Waals surface area (Å²) < 4.78 is 12.8. The molecule has 14 heavy (non-hydrogen) atoms. The van der Waals surface area contributed by atoms with Crippen LogP contribution in [0.4, 0.5) is 4.39 Å². The van der Waals surface area contributed by atoms with E-state index in [-0.39, 0.29) is 5.82 Å². The molecule has 0 nitrogen and oxygen atoms in total. The Kier molecular flexibility index (Phi) is 5.54. The summed E-state index contributed by atoms with van der Waals surface area (Å²) in [5.74, 6) is -0.237. The average Bonchev–Trinajstić information content (AvgIpc) is 2.20. The number of hydrogen-bond acceptors (Lipinski definition) is 0. The van der Waals surface area contributed by atoms with Gasteiger partial charge in [0.25, 0.3) is 0 Å². The van der Waals surface area contributed by atoms with Crippen LogP contribution in [0.2, 0.25) is 0 Å². The Morgan fingerprint density at radius 1 is 1.36 bits per heavy atom. The Balaban J connectivity index is 0.000000791. The van der Waals surface area contributed by atoms with Crippen molar-refractivity contribution in [1.82, 2.24) is 0 Å². The first-order valence-electron chi connectivity index (χ1n) is 4.73. The smallest absolute Gasteiger partial charge is 0.123 e. The lowest BCUT2D eigenvalue weighted by atomic mass is 10.0. The van der Waals surface area contributed by atoms with Crippen molar-refractivity contribution in [3.63, 3.8) is 0 Å². The van der Waals surface area contributed by atoms with Crippen LogP contribution in [0.25, 0.3) is 11.6 Å². The lowest BCUT2D eigenvalue weighted by molar-refractivity contribution is 0.627. The maximum absolute atomic E-state index is 12.8. The summed E-state index contributed by atoms with van der Waals surface area (Å²) in [5.41, 5.74) is 2.60. The Morgan fingerprint density at radius 3 is 2.36 bits per heavy atom. The average molecular weight is 192 g/mol. The molecule has 1 rings (SSSR count). The van der Waals surface area contributed by atoms with Gasteiger partial charge in [-0.15, -0.1) is 0 Å². The molecule has 0 saturated heterocycles. The van der Waals surface area contributed by atoms with Crippen LogP contribution in [-0.2, 0) is 0 Å². The van der Waals surface area contributed by atoms with E-state index in [1.807, 2.05) is 20.8 Å². The maximum atomic E-state index is 12.8. The summed E-state index contributed by atoms with van der Waals surface area (Å²) in [5, 5.41) is 0. The molecule has 0 aromatic heterocycles. The predicted octanol–water partition coefficient (Wildman–Crippen LogP) is 4.53. The molecule has 1 heteroatoms. The van der Waals surface area contributed by atoms with Gasteiger partial charge in [-0.2, -0.15) is 0 Å². The van der Waals surface area contributed by atoms with Gasteiger partial charge in [0.2, 0.25) is 0 Å². The molecule has 1 aromatic carbocycles. The van der Waals surface area contributed by atoms with E-state index >= 15 is 0 Å². The molecule has 0 aliphatic heterocycles. The molecule has 76 valence electrons. The van der Waals surface area contributed by atoms with Gasteiger partial charge in [-0.05, 0) is 30.2 Å². The summed E-state index contributed by atoms with van der Waals surface area (Å²) in [7, 11) is 0. The second-order valence-electron chi connectivity index (χ2n) is 2.72. The third kappa shape index (κ3) is 3.17. The number of halogens is 1. The van der Waals surface area contributed by atoms with E-state index < -0.39 is 0 Å². The van der Waals surface area contributed by atoms with Gasteiger partial charge in [-0.25, -0.2) is 4.39 Å². The Hall–Kier alpha value is -1.37. The van der Waals surface area contributed by atoms with Crippen LogP contribution in [0.15, 0.2) is 31.4 Å². The lowest BCUT2D eigenvalue weighted by Gasteiger charge is -2.04. The third-order valence-corrected chi connectivity index (χ3v) is 1.70. The van der Waals surface area contributed by atoms with Crippen LogP contribution < -0.4 is 0 Å². The van der Waals surface area contributed by atoms with Crippen molar-refractivity contribution in [3.05, 3.63) is 48.3 Å². The Labute approximate surface area is 85.8 Å². The van der Waals surface area contributed by atoms with E-state index in [9.17, 15) is 4.39 Å². The largest absolute Gasteiger partial charge is 0.207 e. The van der Waals surface area contributed by atoms with E-state index in [2.05, 4.69) is 13.2 Å². The summed E-state index contributed by atoms with van der Waals surface area (Å²) in [6.45, 7) is 13.2. The number of benzene rings is 1. The standard InChI is InChI=1S/C11H11F.C2H6/c1-4-9-5-6-10(12)7-11(9)8(2)3;1-2/h4-7H,1-2H2,3H3;1-2H3. The van der Waals surface area contributed by atoms with Gasteiger partial charge in [-0.1, -0.05) is 44.7 Å². The SMILES string of the molecule is C=Cc1ccc(F)cc1C(=C)C.CC. The predicted molar refractivity (Wildman–Crippen MR) is 62.5 cm³/mol. The van der Waals surface area contributed by atoms with E-state index in [1.165, 1.54) is 12.1 Å². The molecule has 0 aliphatic rings. The fourth-order valence-electron chi connectivity index (χ4n) is 1.08. The first-order valence-corrected chi connectivity index (χ1v) is 4.73. The fourth-order valence-corrected chi connectivity index (χ4v) is 1.08. The van der Waals surface area contributed by atoms with Crippen molar-refractivity contribution >= 4 is 11.6 Å². The Morgan fingerprint density at radius 2 is 1.93 bits per heavy atom. The fraction of sp³-hybridized carbons (Fsp3) is 0.231. The molecule has 0 fully saturated rings. The minimum absolute atomic E-state index is 0.237. The second kappa shape index (κ2) is 6.14. The molecule has 0 amide bonds. The molecule has 0 unspecified atom stereocenters. The molecule has 0 heterocycles. The van der Waals surface area contributed by atoms with E-state index in [1.54, 1.807) is 12.1 Å². The monoisotopic (exact) mass is 192 g/mol. The minimum atomic E-state index is -0.237. The molecular weight excluding hydrogens is 175 g/mol. The van der Waals surface area contributed by atoms with Crippen LogP contribution in [-0.4, -0.2) is 0 Å². The van der Waals surface area contributed by atoms with Crippen molar-refractivity contribution in [2.75, 3.05) is 0 Å². The molecule has 1 aromatic rings. The van der Waals surface area contributed by atoms with Gasteiger partial charge in [0.15, 0.2) is 0 Å². The third-order valence-electron chi connectivity index (χ3n) is 1.70. The van der Waals surface area contributed by atoms with E-state index in [0.717, 1.165) is 16.7 Å². The van der Waals surface area contributed by atoms with Gasteiger partial charge in [0, 0.05) is 0 Å². The summed E-state index contributed by atoms with van der Waals surface area (Å²) >= 11 is 0. The number of rotatable bonds is 2. The summed E-state index contributed by atoms with van der Waals surface area (Å²) in [6, 6.07) is 4.59. The molecule has 0 bridgehead atoms. The van der Waals surface area contributed by atoms with Gasteiger partial charge in [-0.3, -0.25) is 0 Å². The van der Waals surface area contributed by atoms with Crippen LogP contribution in [0, 0.1) is 5.82 Å². The first-order chi connectivity index (χ1) is 6.65. The zero-order valence-electron chi connectivity index (χ0n) is 9.10. The highest BCUT2D eigenvalue weighted by molar-refractivity contribution is 5.71. The summed E-state index contributed by atoms with van der Waals surface area (Å²) in [4.78, 5) is 0. The highest BCUT2D eigenvalue weighted by Crippen LogP contribution is 2.19. The van der Waals surface area contributed by atoms with Crippen LogP contribution >= 0.6 is 0 Å². The quantitative estimate of drug-likeness (QED) is 0.646. The summed E-state index contributed by atoms with van der Waals surface area (Å²) in [6.07, 6.45) is 1.70. The zero-order chi connectivity index (χ0) is 11.1. The lowest BCUT2D eigenvalue weighted by Crippen LogP contribution is -1.86. The second-order valence-corrected chi connectivity index (χ2v) is 2.72. The van der Waals surface area contributed by atoms with Crippen molar-refractivity contribution in [3.8, 4) is 0 Å². The first kappa shape index (κ1) is 12.6. The van der Waals surface area contributed by atoms with Crippen LogP contribution in [0.1, 0.15) is 31.9 Å². The van der Waals surface area contributed by atoms with Crippen LogP contribution in [0.5, 0.6) is 0 Å². The van der Waals surface area contributed by atoms with Crippen molar-refractivity contribution < 1.29 is 4.39 Å². The topological polar surface area (TPSA) is 0 Å². The normalized spacial score (nSPS) is 8.57. The number of hydrogen-bond donors (Lipinski definition) is 0. The highest BCUT2D eigenvalue weighted by atomic mass is 19.1. The van der Waals surface area contributed by atoms with Gasteiger partial charge in [0.05, 0.1) is 0 Å². The van der Waals surface area contributed by atoms with Gasteiger partial charge < -0.3 is 0 Å². The van der Waals surface area contributed by atoms with Gasteiger partial charge >= 0.3 is 0 Å². The molecule has 0 N–H and O–H groups in total. The molecule has 0 spiro atoms. The highest BCUT2D eigenvalue weighted by Gasteiger charge is 2.00. The van der Waals surface area contributed by atoms with Crippen LogP contribution in [0.3, 0.4) is 0 Å². The van der Waals surface area contributed by atoms with E-state index in [4.69, 9.17) is 0 Å². The van der Waals surface area contributed by atoms with Crippen molar-refractivity contribution in [2.45, 2.75) is 20.8 Å². The van der Waals surface area contributed by atoms with E-state index in [0.29, 0.717) is 0 Å². The molecular formula is C13H17F. The minimum Gasteiger partial charge on any atom is -0.207 e. The molecule has 0 aliphatic carbocycles. The maximum Gasteiger partial charge on any atom is 0.123 e. The van der Waals surface area contributed by atoms with Crippen molar-refractivity contribution in [2.24, 2.45) is 0 Å². The van der Waals surface area contributed by atoms with Crippen molar-refractivity contribution in [1.29, 1.82) is 0 Å². The molecule has 0 radical (unpaired) electrons. The molecule has 0 atom stereocenters. The zero-order valence-corrected chi connectivity index (χ0v) is 9.10. The van der Waals surface area contributed by atoms with Gasteiger partial charge in [0.1, 0.15) is 5.82 Å². The number of allylic oxidation sites excluding steroid dienone is 1. The molecule has 0 saturated carbocycles.